The Morgan fingerprint density at radius 3 is 2.75 bits per heavy atom. The van der Waals surface area contributed by atoms with Gasteiger partial charge in [-0.25, -0.2) is 0 Å². The fourth-order valence-electron chi connectivity index (χ4n) is 1.78. The van der Waals surface area contributed by atoms with Crippen molar-refractivity contribution in [1.82, 2.24) is 0 Å². The van der Waals surface area contributed by atoms with E-state index in [-0.39, 0.29) is 0 Å². The average molecular weight is 233 g/mol. The summed E-state index contributed by atoms with van der Waals surface area (Å²) in [4.78, 5) is 0. The van der Waals surface area contributed by atoms with Gasteiger partial charge in [-0.05, 0) is 52.1 Å². The van der Waals surface area contributed by atoms with Gasteiger partial charge < -0.3 is 10.5 Å². The standard InChI is InChI=1S/C13H15NOS/c1-9-5-10(3-4-13(9)15-2)12-8-16-7-11(12)6-14/h3-5,7-8H,6,14H2,1-2H3. The first-order valence-corrected chi connectivity index (χ1v) is 6.10. The summed E-state index contributed by atoms with van der Waals surface area (Å²) in [5.74, 6) is 0.924. The molecule has 1 aromatic heterocycles. The smallest absolute Gasteiger partial charge is 0.121 e. The summed E-state index contributed by atoms with van der Waals surface area (Å²) < 4.78 is 5.25. The van der Waals surface area contributed by atoms with Gasteiger partial charge in [-0.15, -0.1) is 0 Å². The minimum atomic E-state index is 0.587. The van der Waals surface area contributed by atoms with Crippen molar-refractivity contribution in [2.75, 3.05) is 7.11 Å². The van der Waals surface area contributed by atoms with E-state index in [4.69, 9.17) is 10.5 Å². The van der Waals surface area contributed by atoms with Gasteiger partial charge in [-0.3, -0.25) is 0 Å². The lowest BCUT2D eigenvalue weighted by atomic mass is 10.0. The molecule has 0 unspecified atom stereocenters. The lowest BCUT2D eigenvalue weighted by Gasteiger charge is -2.07. The number of ether oxygens (including phenoxy) is 1. The van der Waals surface area contributed by atoms with Crippen LogP contribution < -0.4 is 10.5 Å². The second kappa shape index (κ2) is 4.68. The molecule has 3 heteroatoms. The van der Waals surface area contributed by atoms with E-state index >= 15 is 0 Å². The Labute approximate surface area is 99.7 Å². The second-order valence-corrected chi connectivity index (χ2v) is 4.44. The van der Waals surface area contributed by atoms with Crippen LogP contribution in [0.1, 0.15) is 11.1 Å². The topological polar surface area (TPSA) is 35.2 Å². The van der Waals surface area contributed by atoms with Crippen molar-refractivity contribution in [3.63, 3.8) is 0 Å². The van der Waals surface area contributed by atoms with Crippen molar-refractivity contribution < 1.29 is 4.74 Å². The summed E-state index contributed by atoms with van der Waals surface area (Å²) in [7, 11) is 1.69. The molecular formula is C13H15NOS. The monoisotopic (exact) mass is 233 g/mol. The Morgan fingerprint density at radius 1 is 1.31 bits per heavy atom. The zero-order valence-electron chi connectivity index (χ0n) is 9.49. The van der Waals surface area contributed by atoms with Crippen LogP contribution in [-0.2, 0) is 6.54 Å². The minimum absolute atomic E-state index is 0.587. The second-order valence-electron chi connectivity index (χ2n) is 3.70. The molecule has 1 aromatic carbocycles. The van der Waals surface area contributed by atoms with E-state index in [1.807, 2.05) is 6.07 Å². The zero-order chi connectivity index (χ0) is 11.5. The highest BCUT2D eigenvalue weighted by molar-refractivity contribution is 7.08. The van der Waals surface area contributed by atoms with Gasteiger partial charge in [0.05, 0.1) is 7.11 Å². The van der Waals surface area contributed by atoms with Gasteiger partial charge in [0.2, 0.25) is 0 Å². The molecule has 16 heavy (non-hydrogen) atoms. The van der Waals surface area contributed by atoms with Crippen LogP contribution in [0.5, 0.6) is 5.75 Å². The van der Waals surface area contributed by atoms with Crippen molar-refractivity contribution in [3.05, 3.63) is 40.1 Å². The quantitative estimate of drug-likeness (QED) is 0.883. The van der Waals surface area contributed by atoms with Crippen LogP contribution in [0.4, 0.5) is 0 Å². The van der Waals surface area contributed by atoms with Crippen LogP contribution in [0.25, 0.3) is 11.1 Å². The Kier molecular flexibility index (Phi) is 3.27. The molecule has 2 rings (SSSR count). The average Bonchev–Trinajstić information content (AvgIpc) is 2.77. The van der Waals surface area contributed by atoms with Crippen molar-refractivity contribution in [3.8, 4) is 16.9 Å². The molecule has 0 spiro atoms. The molecule has 0 amide bonds. The SMILES string of the molecule is COc1ccc(-c2cscc2CN)cc1C. The first-order valence-electron chi connectivity index (χ1n) is 5.16. The third kappa shape index (κ3) is 1.96. The normalized spacial score (nSPS) is 10.4. The highest BCUT2D eigenvalue weighted by atomic mass is 32.1. The lowest BCUT2D eigenvalue weighted by Crippen LogP contribution is -1.96. The Hall–Kier alpha value is -1.32. The van der Waals surface area contributed by atoms with E-state index in [2.05, 4.69) is 29.8 Å². The minimum Gasteiger partial charge on any atom is -0.496 e. The largest absolute Gasteiger partial charge is 0.496 e. The summed E-state index contributed by atoms with van der Waals surface area (Å²) in [5, 5.41) is 4.25. The van der Waals surface area contributed by atoms with E-state index in [9.17, 15) is 0 Å². The molecule has 1 heterocycles. The van der Waals surface area contributed by atoms with Gasteiger partial charge in [-0.1, -0.05) is 6.07 Å². The van der Waals surface area contributed by atoms with Crippen molar-refractivity contribution in [2.24, 2.45) is 5.73 Å². The van der Waals surface area contributed by atoms with Crippen molar-refractivity contribution >= 4 is 11.3 Å². The number of hydrogen-bond acceptors (Lipinski definition) is 3. The van der Waals surface area contributed by atoms with E-state index < -0.39 is 0 Å². The molecule has 2 nitrogen and oxygen atoms in total. The molecule has 0 fully saturated rings. The fourth-order valence-corrected chi connectivity index (χ4v) is 2.66. The summed E-state index contributed by atoms with van der Waals surface area (Å²) in [6, 6.07) is 6.22. The Bertz CT molecular complexity index is 490. The molecule has 2 aromatic rings. The van der Waals surface area contributed by atoms with Gasteiger partial charge in [0.15, 0.2) is 0 Å². The van der Waals surface area contributed by atoms with Crippen LogP contribution in [0.2, 0.25) is 0 Å². The summed E-state index contributed by atoms with van der Waals surface area (Å²) in [5.41, 5.74) is 10.5. The molecule has 0 saturated carbocycles. The third-order valence-electron chi connectivity index (χ3n) is 2.67. The highest BCUT2D eigenvalue weighted by Gasteiger charge is 2.07. The maximum atomic E-state index is 5.71. The number of thiophene rings is 1. The number of rotatable bonds is 3. The number of benzene rings is 1. The fraction of sp³-hybridized carbons (Fsp3) is 0.231. The number of hydrogen-bond donors (Lipinski definition) is 1. The van der Waals surface area contributed by atoms with E-state index in [0.717, 1.165) is 11.3 Å². The molecule has 0 aliphatic rings. The van der Waals surface area contributed by atoms with Gasteiger partial charge >= 0.3 is 0 Å². The van der Waals surface area contributed by atoms with Crippen LogP contribution >= 0.6 is 11.3 Å². The predicted octanol–water partition coefficient (Wildman–Crippen LogP) is 3.19. The number of aryl methyl sites for hydroxylation is 1. The molecule has 2 N–H and O–H groups in total. The molecule has 0 bridgehead atoms. The molecule has 0 radical (unpaired) electrons. The summed E-state index contributed by atoms with van der Waals surface area (Å²) >= 11 is 1.69. The maximum Gasteiger partial charge on any atom is 0.121 e. The van der Waals surface area contributed by atoms with Crippen molar-refractivity contribution in [2.45, 2.75) is 13.5 Å². The van der Waals surface area contributed by atoms with Crippen molar-refractivity contribution in [1.29, 1.82) is 0 Å². The van der Waals surface area contributed by atoms with E-state index in [1.165, 1.54) is 16.7 Å². The molecule has 84 valence electrons. The summed E-state index contributed by atoms with van der Waals surface area (Å²) in [6.07, 6.45) is 0. The van der Waals surface area contributed by atoms with E-state index in [1.54, 1.807) is 18.4 Å². The van der Waals surface area contributed by atoms with Gasteiger partial charge in [0, 0.05) is 6.54 Å². The Morgan fingerprint density at radius 2 is 2.12 bits per heavy atom. The van der Waals surface area contributed by atoms with Crippen LogP contribution in [0.15, 0.2) is 29.0 Å². The van der Waals surface area contributed by atoms with Gasteiger partial charge in [0.25, 0.3) is 0 Å². The van der Waals surface area contributed by atoms with E-state index in [0.29, 0.717) is 6.54 Å². The first kappa shape index (κ1) is 11.2. The number of nitrogens with two attached hydrogens (primary N) is 1. The third-order valence-corrected chi connectivity index (χ3v) is 3.46. The van der Waals surface area contributed by atoms with Gasteiger partial charge in [0.1, 0.15) is 5.75 Å². The molecule has 0 aliphatic heterocycles. The molecule has 0 saturated heterocycles. The molecular weight excluding hydrogens is 218 g/mol. The zero-order valence-corrected chi connectivity index (χ0v) is 10.3. The predicted molar refractivity (Wildman–Crippen MR) is 68.9 cm³/mol. The van der Waals surface area contributed by atoms with Crippen LogP contribution in [0, 0.1) is 6.92 Å². The number of methoxy groups -OCH3 is 1. The highest BCUT2D eigenvalue weighted by Crippen LogP contribution is 2.30. The van der Waals surface area contributed by atoms with Crippen LogP contribution in [-0.4, -0.2) is 7.11 Å². The van der Waals surface area contributed by atoms with Gasteiger partial charge in [-0.2, -0.15) is 11.3 Å². The lowest BCUT2D eigenvalue weighted by molar-refractivity contribution is 0.412. The summed E-state index contributed by atoms with van der Waals surface area (Å²) in [6.45, 7) is 2.64. The Balaban J connectivity index is 2.45. The molecule has 0 aliphatic carbocycles. The molecule has 0 atom stereocenters. The van der Waals surface area contributed by atoms with Crippen LogP contribution in [0.3, 0.4) is 0 Å². The first-order chi connectivity index (χ1) is 7.76. The maximum absolute atomic E-state index is 5.71.